The highest BCUT2D eigenvalue weighted by Crippen LogP contribution is 2.37. The zero-order valence-electron chi connectivity index (χ0n) is 19.6. The van der Waals surface area contributed by atoms with Crippen molar-refractivity contribution in [2.24, 2.45) is 0 Å². The summed E-state index contributed by atoms with van der Waals surface area (Å²) < 4.78 is 39.2. The molecule has 10 heteroatoms. The van der Waals surface area contributed by atoms with Crippen LogP contribution in [0.1, 0.15) is 23.6 Å². The van der Waals surface area contributed by atoms with Gasteiger partial charge in [-0.2, -0.15) is 13.2 Å². The molecule has 1 unspecified atom stereocenters. The van der Waals surface area contributed by atoms with E-state index in [1.54, 1.807) is 11.8 Å². The number of anilines is 2. The maximum Gasteiger partial charge on any atom is 0.416 e. The van der Waals surface area contributed by atoms with Gasteiger partial charge < -0.3 is 10.2 Å². The lowest BCUT2D eigenvalue weighted by Crippen LogP contribution is -2.57. The van der Waals surface area contributed by atoms with Crippen LogP contribution in [0.15, 0.2) is 42.5 Å². The predicted molar refractivity (Wildman–Crippen MR) is 125 cm³/mol. The number of carbonyl (C=O) groups excluding carboxylic acids is 3. The van der Waals surface area contributed by atoms with Gasteiger partial charge in [0.2, 0.25) is 17.7 Å². The molecule has 1 fully saturated rings. The van der Waals surface area contributed by atoms with Crippen molar-refractivity contribution in [1.82, 2.24) is 9.80 Å². The molecule has 2 aromatic carbocycles. The van der Waals surface area contributed by atoms with Crippen LogP contribution in [-0.2, 0) is 27.0 Å². The van der Waals surface area contributed by atoms with Crippen LogP contribution in [0.3, 0.4) is 0 Å². The van der Waals surface area contributed by atoms with Crippen molar-refractivity contribution < 1.29 is 27.6 Å². The van der Waals surface area contributed by atoms with Crippen molar-refractivity contribution in [3.05, 3.63) is 59.2 Å². The summed E-state index contributed by atoms with van der Waals surface area (Å²) in [7, 11) is 0. The zero-order chi connectivity index (χ0) is 25.3. The second-order valence-electron chi connectivity index (χ2n) is 8.96. The molecule has 186 valence electrons. The van der Waals surface area contributed by atoms with Crippen LogP contribution in [0.25, 0.3) is 0 Å². The van der Waals surface area contributed by atoms with Gasteiger partial charge in [0.1, 0.15) is 6.54 Å². The normalized spacial score (nSPS) is 17.6. The first kappa shape index (κ1) is 24.7. The van der Waals surface area contributed by atoms with Crippen LogP contribution in [-0.4, -0.2) is 66.3 Å². The molecule has 2 aliphatic rings. The average Bonchev–Trinajstić information content (AvgIpc) is 2.83. The van der Waals surface area contributed by atoms with Crippen LogP contribution in [0.4, 0.5) is 24.5 Å². The summed E-state index contributed by atoms with van der Waals surface area (Å²) in [5.74, 6) is -0.904. The average molecular weight is 489 g/mol. The minimum absolute atomic E-state index is 0.0228. The first-order valence-corrected chi connectivity index (χ1v) is 11.4. The summed E-state index contributed by atoms with van der Waals surface area (Å²) in [6, 6.07) is 10.2. The van der Waals surface area contributed by atoms with E-state index >= 15 is 0 Å². The van der Waals surface area contributed by atoms with Crippen molar-refractivity contribution in [2.45, 2.75) is 32.5 Å². The molecule has 1 saturated heterocycles. The molecule has 0 aromatic heterocycles. The van der Waals surface area contributed by atoms with Gasteiger partial charge >= 0.3 is 6.18 Å². The Bertz CT molecular complexity index is 1130. The van der Waals surface area contributed by atoms with E-state index in [4.69, 9.17) is 0 Å². The third-order valence-electron chi connectivity index (χ3n) is 6.50. The Morgan fingerprint density at radius 1 is 1.03 bits per heavy atom. The fourth-order valence-electron chi connectivity index (χ4n) is 4.40. The number of halogens is 3. The van der Waals surface area contributed by atoms with Crippen molar-refractivity contribution in [3.8, 4) is 0 Å². The van der Waals surface area contributed by atoms with Gasteiger partial charge in [0, 0.05) is 26.2 Å². The molecular formula is C25H27F3N4O3. The number of nitrogens with zero attached hydrogens (tertiary/aromatic N) is 3. The molecule has 0 bridgehead atoms. The van der Waals surface area contributed by atoms with Gasteiger partial charge in [0.15, 0.2) is 0 Å². The third-order valence-corrected chi connectivity index (χ3v) is 6.50. The Kier molecular flexibility index (Phi) is 6.84. The number of hydrogen-bond acceptors (Lipinski definition) is 4. The lowest BCUT2D eigenvalue weighted by molar-refractivity contribution is -0.137. The number of alkyl halides is 3. The van der Waals surface area contributed by atoms with E-state index < -0.39 is 23.7 Å². The van der Waals surface area contributed by atoms with Gasteiger partial charge in [-0.25, -0.2) is 0 Å². The molecular weight excluding hydrogens is 461 g/mol. The molecule has 0 saturated carbocycles. The highest BCUT2D eigenvalue weighted by atomic mass is 19.4. The quantitative estimate of drug-likeness (QED) is 0.718. The molecule has 0 radical (unpaired) electrons. The van der Waals surface area contributed by atoms with Crippen molar-refractivity contribution in [3.63, 3.8) is 0 Å². The SMILES string of the molecule is Cc1ccc(CC(=O)N2CCN(C(C)C(=O)N3CC(=O)Nc4cc(C(F)(F)F)ccc43)CC2)cc1. The molecule has 2 aromatic rings. The summed E-state index contributed by atoms with van der Waals surface area (Å²) in [4.78, 5) is 43.0. The third kappa shape index (κ3) is 5.48. The van der Waals surface area contributed by atoms with Crippen LogP contribution < -0.4 is 10.2 Å². The minimum atomic E-state index is -4.56. The number of piperazine rings is 1. The second kappa shape index (κ2) is 9.69. The maximum absolute atomic E-state index is 13.3. The van der Waals surface area contributed by atoms with E-state index in [0.717, 1.165) is 23.3 Å². The number of benzene rings is 2. The fraction of sp³-hybridized carbons (Fsp3) is 0.400. The highest BCUT2D eigenvalue weighted by Gasteiger charge is 2.36. The number of aryl methyl sites for hydroxylation is 1. The van der Waals surface area contributed by atoms with E-state index in [1.807, 2.05) is 36.1 Å². The molecule has 4 rings (SSSR count). The summed E-state index contributed by atoms with van der Waals surface area (Å²) in [6.07, 6.45) is -4.25. The lowest BCUT2D eigenvalue weighted by Gasteiger charge is -2.39. The molecule has 2 aliphatic heterocycles. The number of hydrogen-bond donors (Lipinski definition) is 1. The summed E-state index contributed by atoms with van der Waals surface area (Å²) in [6.45, 7) is 5.32. The van der Waals surface area contributed by atoms with Crippen LogP contribution in [0.2, 0.25) is 0 Å². The number of nitrogens with one attached hydrogen (secondary N) is 1. The molecule has 2 heterocycles. The number of amides is 3. The highest BCUT2D eigenvalue weighted by molar-refractivity contribution is 6.11. The fourth-order valence-corrected chi connectivity index (χ4v) is 4.40. The summed E-state index contributed by atoms with van der Waals surface area (Å²) in [5.41, 5.74) is 1.38. The molecule has 0 aliphatic carbocycles. The summed E-state index contributed by atoms with van der Waals surface area (Å²) in [5, 5.41) is 2.43. The first-order valence-electron chi connectivity index (χ1n) is 11.4. The summed E-state index contributed by atoms with van der Waals surface area (Å²) >= 11 is 0. The van der Waals surface area contributed by atoms with Gasteiger partial charge in [0.05, 0.1) is 29.4 Å². The van der Waals surface area contributed by atoms with E-state index in [1.165, 1.54) is 11.0 Å². The Hall–Kier alpha value is -3.40. The van der Waals surface area contributed by atoms with E-state index in [0.29, 0.717) is 32.6 Å². The smallest absolute Gasteiger partial charge is 0.340 e. The molecule has 7 nitrogen and oxygen atoms in total. The van der Waals surface area contributed by atoms with E-state index in [9.17, 15) is 27.6 Å². The number of carbonyl (C=O) groups is 3. The molecule has 35 heavy (non-hydrogen) atoms. The van der Waals surface area contributed by atoms with Gasteiger partial charge in [-0.15, -0.1) is 0 Å². The predicted octanol–water partition coefficient (Wildman–Crippen LogP) is 3.07. The van der Waals surface area contributed by atoms with Gasteiger partial charge in [-0.05, 0) is 37.6 Å². The second-order valence-corrected chi connectivity index (χ2v) is 8.96. The molecule has 1 N–H and O–H groups in total. The molecule has 1 atom stereocenters. The topological polar surface area (TPSA) is 73.0 Å². The van der Waals surface area contributed by atoms with Gasteiger partial charge in [-0.1, -0.05) is 29.8 Å². The van der Waals surface area contributed by atoms with Crippen molar-refractivity contribution in [2.75, 3.05) is 42.9 Å². The molecule has 3 amide bonds. The zero-order valence-corrected chi connectivity index (χ0v) is 19.6. The number of rotatable bonds is 4. The van der Waals surface area contributed by atoms with Crippen LogP contribution >= 0.6 is 0 Å². The van der Waals surface area contributed by atoms with E-state index in [2.05, 4.69) is 5.32 Å². The standard InChI is InChI=1S/C25H27F3N4O3/c1-16-3-5-18(6-4-16)13-23(34)31-11-9-30(10-12-31)17(2)24(35)32-15-22(33)29-20-14-19(25(26,27)28)7-8-21(20)32/h3-8,14,17H,9-13,15H2,1-2H3,(H,29,33). The van der Waals surface area contributed by atoms with Gasteiger partial charge in [0.25, 0.3) is 0 Å². The number of fused-ring (bicyclic) bond motifs is 1. The maximum atomic E-state index is 13.3. The molecule has 0 spiro atoms. The van der Waals surface area contributed by atoms with Gasteiger partial charge in [-0.3, -0.25) is 24.2 Å². The van der Waals surface area contributed by atoms with Crippen molar-refractivity contribution >= 4 is 29.1 Å². The lowest BCUT2D eigenvalue weighted by atomic mass is 10.1. The Balaban J connectivity index is 1.39. The monoisotopic (exact) mass is 488 g/mol. The van der Waals surface area contributed by atoms with Crippen molar-refractivity contribution in [1.29, 1.82) is 0 Å². The minimum Gasteiger partial charge on any atom is -0.340 e. The van der Waals surface area contributed by atoms with Crippen LogP contribution in [0, 0.1) is 6.92 Å². The Morgan fingerprint density at radius 2 is 1.69 bits per heavy atom. The Morgan fingerprint density at radius 3 is 2.31 bits per heavy atom. The van der Waals surface area contributed by atoms with E-state index in [-0.39, 0.29) is 29.7 Å². The Labute approximate surface area is 201 Å². The van der Waals surface area contributed by atoms with Crippen LogP contribution in [0.5, 0.6) is 0 Å². The largest absolute Gasteiger partial charge is 0.416 e. The first-order chi connectivity index (χ1) is 16.5.